The Labute approximate surface area is 49.8 Å². The molecular formula is C6H11O2. The van der Waals surface area contributed by atoms with Crippen LogP contribution in [-0.2, 0) is 9.84 Å². The molecule has 0 aliphatic carbocycles. The molecule has 1 radical (unpaired) electrons. The molecule has 8 heavy (non-hydrogen) atoms. The van der Waals surface area contributed by atoms with E-state index in [0.717, 1.165) is 6.42 Å². The molecule has 0 N–H and O–H groups in total. The van der Waals surface area contributed by atoms with Gasteiger partial charge < -0.3 is 4.74 Å². The molecule has 0 aromatic rings. The van der Waals surface area contributed by atoms with Crippen LogP contribution in [0.15, 0.2) is 12.2 Å². The average Bonchev–Trinajstić information content (AvgIpc) is 1.83. The molecule has 0 heterocycles. The summed E-state index contributed by atoms with van der Waals surface area (Å²) in [5, 5.41) is 10.3. The van der Waals surface area contributed by atoms with E-state index < -0.39 is 6.29 Å². The first-order chi connectivity index (χ1) is 3.81. The predicted octanol–water partition coefficient (Wildman–Crippen LogP) is 1.36. The first-order valence-electron chi connectivity index (χ1n) is 2.66. The highest BCUT2D eigenvalue weighted by atomic mass is 16.6. The van der Waals surface area contributed by atoms with E-state index in [1.165, 1.54) is 13.2 Å². The molecule has 0 spiro atoms. The van der Waals surface area contributed by atoms with Gasteiger partial charge in [-0.3, -0.25) is 0 Å². The van der Waals surface area contributed by atoms with Gasteiger partial charge in [0.05, 0.1) is 0 Å². The largest absolute Gasteiger partial charge is 0.350 e. The maximum absolute atomic E-state index is 10.3. The summed E-state index contributed by atoms with van der Waals surface area (Å²) in [6, 6.07) is 0. The van der Waals surface area contributed by atoms with Crippen molar-refractivity contribution in [1.29, 1.82) is 0 Å². The molecule has 0 amide bonds. The zero-order valence-corrected chi connectivity index (χ0v) is 5.26. The van der Waals surface area contributed by atoms with Gasteiger partial charge in [0.25, 0.3) is 0 Å². The molecule has 0 saturated heterocycles. The summed E-state index contributed by atoms with van der Waals surface area (Å²) < 4.78 is 4.41. The van der Waals surface area contributed by atoms with E-state index >= 15 is 0 Å². The Hall–Kier alpha value is -0.340. The zero-order chi connectivity index (χ0) is 6.41. The third kappa shape index (κ3) is 3.84. The van der Waals surface area contributed by atoms with Crippen molar-refractivity contribution in [3.63, 3.8) is 0 Å². The molecule has 1 unspecified atom stereocenters. The fraction of sp³-hybridized carbons (Fsp3) is 0.667. The van der Waals surface area contributed by atoms with Crippen molar-refractivity contribution in [2.24, 2.45) is 0 Å². The maximum Gasteiger partial charge on any atom is 0.210 e. The molecule has 47 valence electrons. The van der Waals surface area contributed by atoms with Gasteiger partial charge in [0.15, 0.2) is 0 Å². The van der Waals surface area contributed by atoms with E-state index in [4.69, 9.17) is 0 Å². The Morgan fingerprint density at radius 2 is 2.38 bits per heavy atom. The van der Waals surface area contributed by atoms with E-state index in [-0.39, 0.29) is 0 Å². The lowest BCUT2D eigenvalue weighted by Gasteiger charge is -1.95. The van der Waals surface area contributed by atoms with E-state index in [2.05, 4.69) is 4.74 Å². The fourth-order valence-electron chi connectivity index (χ4n) is 0.326. The van der Waals surface area contributed by atoms with Gasteiger partial charge in [0.1, 0.15) is 0 Å². The minimum absolute atomic E-state index is 0.891. The Kier molecular flexibility index (Phi) is 4.61. The van der Waals surface area contributed by atoms with Crippen molar-refractivity contribution in [3.05, 3.63) is 12.2 Å². The molecule has 0 aromatic heterocycles. The Morgan fingerprint density at radius 1 is 1.75 bits per heavy atom. The van der Waals surface area contributed by atoms with Gasteiger partial charge in [-0.05, 0) is 12.5 Å². The van der Waals surface area contributed by atoms with E-state index in [1.807, 2.05) is 6.92 Å². The van der Waals surface area contributed by atoms with Crippen molar-refractivity contribution >= 4 is 0 Å². The monoisotopic (exact) mass is 115 g/mol. The summed E-state index contributed by atoms with van der Waals surface area (Å²) >= 11 is 0. The highest BCUT2D eigenvalue weighted by Gasteiger charge is 1.91. The second kappa shape index (κ2) is 4.81. The van der Waals surface area contributed by atoms with E-state index in [1.54, 1.807) is 6.08 Å². The lowest BCUT2D eigenvalue weighted by Crippen LogP contribution is -2.00. The number of ether oxygens (including phenoxy) is 1. The minimum Gasteiger partial charge on any atom is -0.350 e. The van der Waals surface area contributed by atoms with Crippen LogP contribution < -0.4 is 0 Å². The van der Waals surface area contributed by atoms with Crippen LogP contribution in [0.3, 0.4) is 0 Å². The van der Waals surface area contributed by atoms with E-state index in [0.29, 0.717) is 0 Å². The van der Waals surface area contributed by atoms with Crippen LogP contribution in [0, 0.1) is 0 Å². The minimum atomic E-state index is -0.977. The second-order valence-electron chi connectivity index (χ2n) is 1.44. The SMILES string of the molecule is CCC=CC([O])OC. The van der Waals surface area contributed by atoms with Crippen LogP contribution in [0.4, 0.5) is 0 Å². The average molecular weight is 115 g/mol. The fourth-order valence-corrected chi connectivity index (χ4v) is 0.326. The molecule has 2 heteroatoms. The van der Waals surface area contributed by atoms with Gasteiger partial charge >= 0.3 is 0 Å². The van der Waals surface area contributed by atoms with Crippen molar-refractivity contribution in [2.75, 3.05) is 7.11 Å². The summed E-state index contributed by atoms with van der Waals surface area (Å²) in [6.07, 6.45) is 3.21. The molecule has 0 aliphatic rings. The van der Waals surface area contributed by atoms with Crippen molar-refractivity contribution in [2.45, 2.75) is 19.6 Å². The molecule has 2 nitrogen and oxygen atoms in total. The van der Waals surface area contributed by atoms with Crippen LogP contribution >= 0.6 is 0 Å². The number of allylic oxidation sites excluding steroid dienone is 1. The molecule has 0 rings (SSSR count). The van der Waals surface area contributed by atoms with Gasteiger partial charge in [-0.1, -0.05) is 13.0 Å². The molecule has 0 aliphatic heterocycles. The molecular weight excluding hydrogens is 104 g/mol. The first-order valence-corrected chi connectivity index (χ1v) is 2.66. The Morgan fingerprint density at radius 3 is 2.75 bits per heavy atom. The van der Waals surface area contributed by atoms with Gasteiger partial charge in [0, 0.05) is 7.11 Å². The number of hydrogen-bond donors (Lipinski definition) is 0. The maximum atomic E-state index is 10.3. The van der Waals surface area contributed by atoms with Gasteiger partial charge in [-0.25, -0.2) is 0 Å². The zero-order valence-electron chi connectivity index (χ0n) is 5.26. The summed E-state index contributed by atoms with van der Waals surface area (Å²) in [4.78, 5) is 0. The summed E-state index contributed by atoms with van der Waals surface area (Å²) in [7, 11) is 1.40. The molecule has 0 bridgehead atoms. The Bertz CT molecular complexity index is 68.9. The number of methoxy groups -OCH3 is 1. The number of hydrogen-bond acceptors (Lipinski definition) is 1. The topological polar surface area (TPSA) is 29.1 Å². The van der Waals surface area contributed by atoms with Gasteiger partial charge in [-0.2, -0.15) is 5.11 Å². The quantitative estimate of drug-likeness (QED) is 0.403. The van der Waals surface area contributed by atoms with Crippen molar-refractivity contribution < 1.29 is 9.84 Å². The van der Waals surface area contributed by atoms with Crippen LogP contribution in [0.2, 0.25) is 0 Å². The summed E-state index contributed by atoms with van der Waals surface area (Å²) in [5.41, 5.74) is 0. The lowest BCUT2D eigenvalue weighted by molar-refractivity contribution is -0.0827. The molecule has 0 saturated carbocycles. The predicted molar refractivity (Wildman–Crippen MR) is 30.9 cm³/mol. The van der Waals surface area contributed by atoms with Crippen molar-refractivity contribution in [1.82, 2.24) is 0 Å². The molecule has 1 atom stereocenters. The van der Waals surface area contributed by atoms with Crippen LogP contribution in [0.5, 0.6) is 0 Å². The standard InChI is InChI=1S/C6H11O2/c1-3-4-5-6(7)8-2/h4-6H,3H2,1-2H3. The molecule has 0 aromatic carbocycles. The summed E-state index contributed by atoms with van der Waals surface area (Å²) in [6.45, 7) is 1.97. The van der Waals surface area contributed by atoms with Crippen LogP contribution in [-0.4, -0.2) is 13.4 Å². The smallest absolute Gasteiger partial charge is 0.210 e. The van der Waals surface area contributed by atoms with Gasteiger partial charge in [-0.15, -0.1) is 0 Å². The van der Waals surface area contributed by atoms with Crippen molar-refractivity contribution in [3.8, 4) is 0 Å². The second-order valence-corrected chi connectivity index (χ2v) is 1.44. The lowest BCUT2D eigenvalue weighted by atomic mass is 10.4. The normalized spacial score (nSPS) is 14.9. The first kappa shape index (κ1) is 7.66. The highest BCUT2D eigenvalue weighted by Crippen LogP contribution is 1.88. The van der Waals surface area contributed by atoms with Crippen LogP contribution in [0.1, 0.15) is 13.3 Å². The highest BCUT2D eigenvalue weighted by molar-refractivity contribution is 4.82. The third-order valence-electron chi connectivity index (χ3n) is 0.761. The third-order valence-corrected chi connectivity index (χ3v) is 0.761. The van der Waals surface area contributed by atoms with Gasteiger partial charge in [0.2, 0.25) is 6.29 Å². The number of rotatable bonds is 3. The Balaban J connectivity index is 3.21. The van der Waals surface area contributed by atoms with E-state index in [9.17, 15) is 5.11 Å². The van der Waals surface area contributed by atoms with Crippen LogP contribution in [0.25, 0.3) is 0 Å². The summed E-state index contributed by atoms with van der Waals surface area (Å²) in [5.74, 6) is 0. The molecule has 0 fully saturated rings.